The van der Waals surface area contributed by atoms with Gasteiger partial charge >= 0.3 is 5.97 Å². The van der Waals surface area contributed by atoms with Gasteiger partial charge in [-0.1, -0.05) is 18.2 Å². The minimum Gasteiger partial charge on any atom is -0.478 e. The van der Waals surface area contributed by atoms with E-state index in [2.05, 4.69) is 5.10 Å². The molecule has 2 heterocycles. The third kappa shape index (κ3) is 1.64. The summed E-state index contributed by atoms with van der Waals surface area (Å²) in [5.41, 5.74) is 1.98. The molecule has 4 nitrogen and oxygen atoms in total. The molecule has 1 N–H and O–H groups in total. The Kier molecular flexibility index (Phi) is 2.34. The second kappa shape index (κ2) is 4.00. The third-order valence-electron chi connectivity index (χ3n) is 2.81. The number of aromatic nitrogens is 1. The van der Waals surface area contributed by atoms with E-state index in [4.69, 9.17) is 5.11 Å². The summed E-state index contributed by atoms with van der Waals surface area (Å²) in [4.78, 5) is 11.0. The summed E-state index contributed by atoms with van der Waals surface area (Å²) >= 11 is 0. The molecular weight excluding hydrogens is 228 g/mol. The van der Waals surface area contributed by atoms with Gasteiger partial charge in [0.2, 0.25) is 0 Å². The summed E-state index contributed by atoms with van der Waals surface area (Å²) in [5, 5.41) is 14.3. The number of rotatable bonds is 1. The standard InChI is InChI=1S/C14H10N2O2/c17-14(18)11-6-5-10-8-12-4-2-1-3-7-15-16(12)13(10)9-11/h1-9H,(H,17,18). The molecule has 0 amide bonds. The quantitative estimate of drug-likeness (QED) is 0.830. The molecule has 0 saturated heterocycles. The summed E-state index contributed by atoms with van der Waals surface area (Å²) < 4.78 is 1.74. The molecule has 0 radical (unpaired) electrons. The Morgan fingerprint density at radius 2 is 2.06 bits per heavy atom. The summed E-state index contributed by atoms with van der Waals surface area (Å²) in [6.07, 6.45) is 9.26. The van der Waals surface area contributed by atoms with Gasteiger partial charge in [0.1, 0.15) is 0 Å². The van der Waals surface area contributed by atoms with Crippen LogP contribution in [0.5, 0.6) is 0 Å². The summed E-state index contributed by atoms with van der Waals surface area (Å²) in [7, 11) is 0. The van der Waals surface area contributed by atoms with Gasteiger partial charge in [0.05, 0.1) is 16.8 Å². The van der Waals surface area contributed by atoms with E-state index in [9.17, 15) is 4.79 Å². The highest BCUT2D eigenvalue weighted by Crippen LogP contribution is 2.23. The number of hydrogen-bond acceptors (Lipinski definition) is 2. The molecule has 0 fully saturated rings. The smallest absolute Gasteiger partial charge is 0.335 e. The van der Waals surface area contributed by atoms with Gasteiger partial charge in [0.25, 0.3) is 0 Å². The van der Waals surface area contributed by atoms with Crippen LogP contribution in [0.3, 0.4) is 0 Å². The molecule has 1 aliphatic heterocycles. The first-order valence-corrected chi connectivity index (χ1v) is 5.52. The largest absolute Gasteiger partial charge is 0.478 e. The third-order valence-corrected chi connectivity index (χ3v) is 2.81. The number of benzene rings is 1. The van der Waals surface area contributed by atoms with Gasteiger partial charge in [-0.2, -0.15) is 5.10 Å². The molecule has 3 rings (SSSR count). The second-order valence-corrected chi connectivity index (χ2v) is 3.97. The second-order valence-electron chi connectivity index (χ2n) is 3.97. The maximum atomic E-state index is 11.0. The van der Waals surface area contributed by atoms with Gasteiger partial charge in [-0.05, 0) is 30.4 Å². The maximum Gasteiger partial charge on any atom is 0.335 e. The number of allylic oxidation sites excluding steroid dienone is 3. The zero-order valence-corrected chi connectivity index (χ0v) is 9.45. The van der Waals surface area contributed by atoms with Gasteiger partial charge in [0, 0.05) is 11.6 Å². The van der Waals surface area contributed by atoms with Crippen molar-refractivity contribution in [2.24, 2.45) is 5.10 Å². The van der Waals surface area contributed by atoms with Crippen LogP contribution in [0.1, 0.15) is 16.1 Å². The summed E-state index contributed by atoms with van der Waals surface area (Å²) in [6.45, 7) is 0. The maximum absolute atomic E-state index is 11.0. The van der Waals surface area contributed by atoms with Crippen LogP contribution < -0.4 is 0 Å². The van der Waals surface area contributed by atoms with E-state index >= 15 is 0 Å². The Hall–Kier alpha value is -2.62. The molecule has 1 aromatic carbocycles. The van der Waals surface area contributed by atoms with E-state index in [0.29, 0.717) is 0 Å². The fourth-order valence-electron chi connectivity index (χ4n) is 1.96. The van der Waals surface area contributed by atoms with Gasteiger partial charge in [-0.15, -0.1) is 0 Å². The molecule has 1 aromatic heterocycles. The molecule has 0 saturated carbocycles. The van der Waals surface area contributed by atoms with Crippen molar-refractivity contribution in [2.75, 3.05) is 0 Å². The molecule has 88 valence electrons. The number of aromatic carboxylic acids is 1. The van der Waals surface area contributed by atoms with E-state index in [1.54, 1.807) is 29.1 Å². The zero-order valence-electron chi connectivity index (χ0n) is 9.45. The van der Waals surface area contributed by atoms with Crippen molar-refractivity contribution in [3.8, 4) is 0 Å². The van der Waals surface area contributed by atoms with Crippen LogP contribution in [0.4, 0.5) is 0 Å². The van der Waals surface area contributed by atoms with Crippen molar-refractivity contribution >= 4 is 29.2 Å². The number of hydrogen-bond donors (Lipinski definition) is 1. The summed E-state index contributed by atoms with van der Waals surface area (Å²) in [6, 6.07) is 7.02. The molecule has 2 aromatic rings. The zero-order chi connectivity index (χ0) is 12.5. The Labute approximate surface area is 103 Å². The van der Waals surface area contributed by atoms with E-state index in [-0.39, 0.29) is 5.56 Å². The number of fused-ring (bicyclic) bond motifs is 3. The Balaban J connectivity index is 2.30. The highest BCUT2D eigenvalue weighted by molar-refractivity contribution is 5.94. The SMILES string of the molecule is O=C(O)c1ccc2cc3n(c2c1)N=CC=CC=C3. The minimum absolute atomic E-state index is 0.264. The highest BCUT2D eigenvalue weighted by atomic mass is 16.4. The van der Waals surface area contributed by atoms with Crippen molar-refractivity contribution in [3.63, 3.8) is 0 Å². The van der Waals surface area contributed by atoms with Crippen molar-refractivity contribution < 1.29 is 9.90 Å². The highest BCUT2D eigenvalue weighted by Gasteiger charge is 2.10. The van der Waals surface area contributed by atoms with Crippen LogP contribution in [-0.4, -0.2) is 22.0 Å². The van der Waals surface area contributed by atoms with Crippen LogP contribution in [0.2, 0.25) is 0 Å². The van der Waals surface area contributed by atoms with Crippen molar-refractivity contribution in [1.82, 2.24) is 4.68 Å². The Bertz CT molecular complexity index is 721. The lowest BCUT2D eigenvalue weighted by molar-refractivity contribution is 0.0697. The first kappa shape index (κ1) is 10.5. The van der Waals surface area contributed by atoms with Crippen LogP contribution in [0.15, 0.2) is 47.6 Å². The monoisotopic (exact) mass is 238 g/mol. The van der Waals surface area contributed by atoms with E-state index < -0.39 is 5.97 Å². The van der Waals surface area contributed by atoms with Crippen LogP contribution in [0.25, 0.3) is 17.0 Å². The lowest BCUT2D eigenvalue weighted by atomic mass is 10.1. The number of nitrogens with zero attached hydrogens (tertiary/aromatic N) is 2. The van der Waals surface area contributed by atoms with Crippen LogP contribution in [0, 0.1) is 0 Å². The molecule has 0 atom stereocenters. The van der Waals surface area contributed by atoms with Gasteiger partial charge in [0.15, 0.2) is 0 Å². The average Bonchev–Trinajstić information content (AvgIpc) is 2.65. The predicted molar refractivity (Wildman–Crippen MR) is 71.0 cm³/mol. The molecule has 18 heavy (non-hydrogen) atoms. The molecule has 4 heteroatoms. The average molecular weight is 238 g/mol. The molecule has 0 bridgehead atoms. The van der Waals surface area contributed by atoms with Crippen LogP contribution in [-0.2, 0) is 0 Å². The van der Waals surface area contributed by atoms with Crippen molar-refractivity contribution in [2.45, 2.75) is 0 Å². The van der Waals surface area contributed by atoms with Crippen molar-refractivity contribution in [3.05, 3.63) is 53.8 Å². The van der Waals surface area contributed by atoms with Gasteiger partial charge < -0.3 is 5.11 Å². The van der Waals surface area contributed by atoms with Gasteiger partial charge in [-0.3, -0.25) is 0 Å². The minimum atomic E-state index is -0.933. The lowest BCUT2D eigenvalue weighted by Gasteiger charge is -2.02. The molecular formula is C14H10N2O2. The number of carbonyl (C=O) groups is 1. The number of carboxylic acid groups (broad SMARTS) is 1. The normalized spacial score (nSPS) is 13.3. The molecule has 0 spiro atoms. The lowest BCUT2D eigenvalue weighted by Crippen LogP contribution is -1.97. The van der Waals surface area contributed by atoms with Crippen molar-refractivity contribution in [1.29, 1.82) is 0 Å². The topological polar surface area (TPSA) is 54.6 Å². The number of carboxylic acids is 1. The van der Waals surface area contributed by atoms with E-state index in [1.807, 2.05) is 30.4 Å². The first-order valence-electron chi connectivity index (χ1n) is 5.52. The summed E-state index contributed by atoms with van der Waals surface area (Å²) in [5.74, 6) is -0.933. The van der Waals surface area contributed by atoms with E-state index in [1.165, 1.54) is 0 Å². The van der Waals surface area contributed by atoms with Crippen LogP contribution >= 0.6 is 0 Å². The molecule has 0 unspecified atom stereocenters. The van der Waals surface area contributed by atoms with Gasteiger partial charge in [-0.25, -0.2) is 9.47 Å². The molecule has 0 aliphatic carbocycles. The first-order chi connectivity index (χ1) is 8.75. The fourth-order valence-corrected chi connectivity index (χ4v) is 1.96. The fraction of sp³-hybridized carbons (Fsp3) is 0. The van der Waals surface area contributed by atoms with E-state index in [0.717, 1.165) is 16.6 Å². The molecule has 1 aliphatic rings. The Morgan fingerprint density at radius 3 is 2.89 bits per heavy atom. The predicted octanol–water partition coefficient (Wildman–Crippen LogP) is 2.76. The Morgan fingerprint density at radius 1 is 1.17 bits per heavy atom.